The van der Waals surface area contributed by atoms with Crippen molar-refractivity contribution in [3.8, 4) is 5.69 Å². The van der Waals surface area contributed by atoms with Crippen molar-refractivity contribution in [2.75, 3.05) is 13.1 Å². The van der Waals surface area contributed by atoms with Gasteiger partial charge in [-0.2, -0.15) is 15.0 Å². The summed E-state index contributed by atoms with van der Waals surface area (Å²) in [6, 6.07) is 10.5. The molecule has 0 spiro atoms. The zero-order valence-corrected chi connectivity index (χ0v) is 11.7. The molecule has 2 aromatic rings. The van der Waals surface area contributed by atoms with Crippen LogP contribution < -0.4 is 5.73 Å². The minimum Gasteiger partial charge on any atom is -0.329 e. The maximum atomic E-state index is 5.86. The molecule has 1 saturated heterocycles. The van der Waals surface area contributed by atoms with Gasteiger partial charge in [-0.05, 0) is 31.5 Å². The molecule has 1 aliphatic rings. The number of hydrogen-bond acceptors (Lipinski definition) is 4. The smallest absolute Gasteiger partial charge is 0.0971 e. The SMILES string of the molecule is NCC1CCCCN1Cc1cnn(-c2ccccc2)n1. The van der Waals surface area contributed by atoms with Crippen LogP contribution in [-0.2, 0) is 6.54 Å². The van der Waals surface area contributed by atoms with Crippen LogP contribution in [0, 0.1) is 0 Å². The van der Waals surface area contributed by atoms with Gasteiger partial charge in [-0.1, -0.05) is 24.6 Å². The molecule has 1 unspecified atom stereocenters. The first-order valence-corrected chi connectivity index (χ1v) is 7.27. The fourth-order valence-electron chi connectivity index (χ4n) is 2.80. The average Bonchev–Trinajstić information content (AvgIpc) is 2.97. The van der Waals surface area contributed by atoms with E-state index in [-0.39, 0.29) is 0 Å². The highest BCUT2D eigenvalue weighted by Gasteiger charge is 2.21. The van der Waals surface area contributed by atoms with Crippen LogP contribution in [-0.4, -0.2) is 39.0 Å². The summed E-state index contributed by atoms with van der Waals surface area (Å²) in [7, 11) is 0. The summed E-state index contributed by atoms with van der Waals surface area (Å²) in [6.45, 7) is 2.68. The quantitative estimate of drug-likeness (QED) is 0.917. The van der Waals surface area contributed by atoms with E-state index >= 15 is 0 Å². The van der Waals surface area contributed by atoms with Crippen LogP contribution in [0.1, 0.15) is 25.0 Å². The monoisotopic (exact) mass is 271 g/mol. The Bertz CT molecular complexity index is 536. The number of likely N-dealkylation sites (tertiary alicyclic amines) is 1. The number of para-hydroxylation sites is 1. The Kier molecular flexibility index (Phi) is 4.08. The highest BCUT2D eigenvalue weighted by Crippen LogP contribution is 2.18. The van der Waals surface area contributed by atoms with Gasteiger partial charge in [0.2, 0.25) is 0 Å². The fourth-order valence-corrected chi connectivity index (χ4v) is 2.80. The lowest BCUT2D eigenvalue weighted by Gasteiger charge is -2.34. The van der Waals surface area contributed by atoms with Gasteiger partial charge in [0, 0.05) is 19.1 Å². The third-order valence-electron chi connectivity index (χ3n) is 3.91. The second kappa shape index (κ2) is 6.15. The lowest BCUT2D eigenvalue weighted by Crippen LogP contribution is -2.43. The van der Waals surface area contributed by atoms with Crippen LogP contribution in [0.4, 0.5) is 0 Å². The van der Waals surface area contributed by atoms with Gasteiger partial charge in [0.05, 0.1) is 17.6 Å². The van der Waals surface area contributed by atoms with Gasteiger partial charge in [-0.3, -0.25) is 4.90 Å². The first-order chi connectivity index (χ1) is 9.86. The number of hydrogen-bond donors (Lipinski definition) is 1. The molecule has 0 radical (unpaired) electrons. The van der Waals surface area contributed by atoms with Crippen molar-refractivity contribution in [3.05, 3.63) is 42.2 Å². The van der Waals surface area contributed by atoms with Crippen LogP contribution >= 0.6 is 0 Å². The molecule has 20 heavy (non-hydrogen) atoms. The average molecular weight is 271 g/mol. The van der Waals surface area contributed by atoms with Crippen LogP contribution in [0.25, 0.3) is 5.69 Å². The van der Waals surface area contributed by atoms with Crippen molar-refractivity contribution >= 4 is 0 Å². The molecule has 3 rings (SSSR count). The van der Waals surface area contributed by atoms with Gasteiger partial charge < -0.3 is 5.73 Å². The summed E-state index contributed by atoms with van der Waals surface area (Å²) in [4.78, 5) is 4.12. The lowest BCUT2D eigenvalue weighted by atomic mass is 10.0. The number of aromatic nitrogens is 3. The van der Waals surface area contributed by atoms with Crippen molar-refractivity contribution < 1.29 is 0 Å². The van der Waals surface area contributed by atoms with Crippen LogP contribution in [0.5, 0.6) is 0 Å². The molecule has 0 aliphatic carbocycles. The standard InChI is InChI=1S/C15H21N5/c16-10-15-8-4-5-9-19(15)12-13-11-17-20(18-13)14-6-2-1-3-7-14/h1-3,6-7,11,15H,4-5,8-10,12,16H2. The molecule has 5 heteroatoms. The Morgan fingerprint density at radius 1 is 1.20 bits per heavy atom. The maximum absolute atomic E-state index is 5.86. The molecule has 5 nitrogen and oxygen atoms in total. The molecule has 1 aromatic heterocycles. The summed E-state index contributed by atoms with van der Waals surface area (Å²) in [5, 5.41) is 8.92. The minimum absolute atomic E-state index is 0.491. The van der Waals surface area contributed by atoms with Crippen molar-refractivity contribution in [1.29, 1.82) is 0 Å². The molecular formula is C15H21N5. The molecule has 2 N–H and O–H groups in total. The first kappa shape index (κ1) is 13.3. The molecule has 0 saturated carbocycles. The zero-order valence-electron chi connectivity index (χ0n) is 11.7. The second-order valence-electron chi connectivity index (χ2n) is 5.32. The van der Waals surface area contributed by atoms with E-state index in [1.54, 1.807) is 4.80 Å². The van der Waals surface area contributed by atoms with Crippen LogP contribution in [0.2, 0.25) is 0 Å². The Morgan fingerprint density at radius 3 is 2.85 bits per heavy atom. The predicted octanol–water partition coefficient (Wildman–Crippen LogP) is 1.58. The zero-order chi connectivity index (χ0) is 13.8. The number of nitrogens with two attached hydrogens (primary N) is 1. The van der Waals surface area contributed by atoms with Gasteiger partial charge in [0.15, 0.2) is 0 Å². The number of benzene rings is 1. The van der Waals surface area contributed by atoms with E-state index in [1.807, 2.05) is 36.5 Å². The Labute approximate surface area is 119 Å². The molecule has 0 bridgehead atoms. The van der Waals surface area contributed by atoms with E-state index in [0.29, 0.717) is 6.04 Å². The van der Waals surface area contributed by atoms with E-state index in [1.165, 1.54) is 19.3 Å². The van der Waals surface area contributed by atoms with Crippen molar-refractivity contribution in [2.24, 2.45) is 5.73 Å². The van der Waals surface area contributed by atoms with E-state index in [2.05, 4.69) is 15.1 Å². The maximum Gasteiger partial charge on any atom is 0.0971 e. The van der Waals surface area contributed by atoms with E-state index in [9.17, 15) is 0 Å². The molecule has 2 heterocycles. The largest absolute Gasteiger partial charge is 0.329 e. The second-order valence-corrected chi connectivity index (χ2v) is 5.32. The van der Waals surface area contributed by atoms with E-state index in [4.69, 9.17) is 5.73 Å². The Hall–Kier alpha value is -1.72. The van der Waals surface area contributed by atoms with Crippen molar-refractivity contribution in [2.45, 2.75) is 31.8 Å². The van der Waals surface area contributed by atoms with Crippen molar-refractivity contribution in [3.63, 3.8) is 0 Å². The molecule has 1 atom stereocenters. The van der Waals surface area contributed by atoms with Crippen LogP contribution in [0.15, 0.2) is 36.5 Å². The number of nitrogens with zero attached hydrogens (tertiary/aromatic N) is 4. The Balaban J connectivity index is 1.71. The highest BCUT2D eigenvalue weighted by molar-refractivity contribution is 5.28. The summed E-state index contributed by atoms with van der Waals surface area (Å²) in [6.07, 6.45) is 5.59. The van der Waals surface area contributed by atoms with Gasteiger partial charge >= 0.3 is 0 Å². The number of piperidine rings is 1. The summed E-state index contributed by atoms with van der Waals surface area (Å²) < 4.78 is 0. The third kappa shape index (κ3) is 2.89. The minimum atomic E-state index is 0.491. The fraction of sp³-hybridized carbons (Fsp3) is 0.467. The van der Waals surface area contributed by atoms with Gasteiger partial charge in [-0.25, -0.2) is 0 Å². The summed E-state index contributed by atoms with van der Waals surface area (Å²) in [5.41, 5.74) is 7.86. The highest BCUT2D eigenvalue weighted by atomic mass is 15.5. The normalized spacial score (nSPS) is 20.1. The molecular weight excluding hydrogens is 250 g/mol. The summed E-state index contributed by atoms with van der Waals surface area (Å²) >= 11 is 0. The molecule has 1 aliphatic heterocycles. The molecule has 106 valence electrons. The molecule has 1 aromatic carbocycles. The predicted molar refractivity (Wildman–Crippen MR) is 78.5 cm³/mol. The number of rotatable bonds is 4. The Morgan fingerprint density at radius 2 is 2.05 bits per heavy atom. The topological polar surface area (TPSA) is 60.0 Å². The lowest BCUT2D eigenvalue weighted by molar-refractivity contribution is 0.143. The van der Waals surface area contributed by atoms with Crippen LogP contribution in [0.3, 0.4) is 0 Å². The first-order valence-electron chi connectivity index (χ1n) is 7.27. The molecule has 1 fully saturated rings. The van der Waals surface area contributed by atoms with Gasteiger partial charge in [-0.15, -0.1) is 0 Å². The van der Waals surface area contributed by atoms with Crippen molar-refractivity contribution in [1.82, 2.24) is 19.9 Å². The van der Waals surface area contributed by atoms with E-state index in [0.717, 1.165) is 31.0 Å². The molecule has 0 amide bonds. The summed E-state index contributed by atoms with van der Waals surface area (Å²) in [5.74, 6) is 0. The van der Waals surface area contributed by atoms with Gasteiger partial charge in [0.1, 0.15) is 0 Å². The van der Waals surface area contributed by atoms with Gasteiger partial charge in [0.25, 0.3) is 0 Å². The van der Waals surface area contributed by atoms with E-state index < -0.39 is 0 Å². The third-order valence-corrected chi connectivity index (χ3v) is 3.91.